The lowest BCUT2D eigenvalue weighted by atomic mass is 10.1. The van der Waals surface area contributed by atoms with Gasteiger partial charge >= 0.3 is 6.09 Å². The molecule has 1 heterocycles. The standard InChI is InChI=1S/C16H28N4O2/c1-11(14-17-8-9-20(14)5)18-10-13(12-6-7-12)19-15(21)22-16(2,3)4/h8-9,11-13,18H,6-7,10H2,1-5H3,(H,19,21). The molecule has 1 saturated carbocycles. The monoisotopic (exact) mass is 308 g/mol. The minimum atomic E-state index is -0.466. The van der Waals surface area contributed by atoms with Crippen molar-refractivity contribution in [3.63, 3.8) is 0 Å². The van der Waals surface area contributed by atoms with E-state index in [1.165, 1.54) is 12.8 Å². The smallest absolute Gasteiger partial charge is 0.407 e. The fraction of sp³-hybridized carbons (Fsp3) is 0.750. The summed E-state index contributed by atoms with van der Waals surface area (Å²) < 4.78 is 7.36. The van der Waals surface area contributed by atoms with Crippen LogP contribution in [-0.2, 0) is 11.8 Å². The lowest BCUT2D eigenvalue weighted by molar-refractivity contribution is 0.0496. The summed E-state index contributed by atoms with van der Waals surface area (Å²) in [7, 11) is 1.98. The summed E-state index contributed by atoms with van der Waals surface area (Å²) in [4.78, 5) is 16.3. The fourth-order valence-corrected chi connectivity index (χ4v) is 2.48. The van der Waals surface area contributed by atoms with Crippen molar-refractivity contribution in [2.45, 2.75) is 58.2 Å². The second kappa shape index (κ2) is 6.69. The number of amides is 1. The molecular weight excluding hydrogens is 280 g/mol. The average Bonchev–Trinajstić information content (AvgIpc) is 3.14. The molecule has 0 saturated heterocycles. The highest BCUT2D eigenvalue weighted by Gasteiger charge is 2.33. The number of ether oxygens (including phenoxy) is 1. The van der Waals surface area contributed by atoms with Gasteiger partial charge in [-0.2, -0.15) is 0 Å². The van der Waals surface area contributed by atoms with Crippen LogP contribution in [0.2, 0.25) is 0 Å². The summed E-state index contributed by atoms with van der Waals surface area (Å²) in [5.74, 6) is 1.54. The van der Waals surface area contributed by atoms with Gasteiger partial charge in [0.05, 0.1) is 6.04 Å². The highest BCUT2D eigenvalue weighted by molar-refractivity contribution is 5.68. The van der Waals surface area contributed by atoms with E-state index in [2.05, 4.69) is 22.5 Å². The van der Waals surface area contributed by atoms with E-state index in [1.54, 1.807) is 6.20 Å². The van der Waals surface area contributed by atoms with Crippen LogP contribution in [0.25, 0.3) is 0 Å². The van der Waals surface area contributed by atoms with Gasteiger partial charge in [-0.3, -0.25) is 0 Å². The number of alkyl carbamates (subject to hydrolysis) is 1. The van der Waals surface area contributed by atoms with E-state index in [-0.39, 0.29) is 18.2 Å². The lowest BCUT2D eigenvalue weighted by Crippen LogP contribution is -2.46. The highest BCUT2D eigenvalue weighted by Crippen LogP contribution is 2.32. The molecule has 1 aliphatic carbocycles. The maximum atomic E-state index is 12.0. The van der Waals surface area contributed by atoms with Crippen molar-refractivity contribution < 1.29 is 9.53 Å². The first-order chi connectivity index (χ1) is 10.3. The SMILES string of the molecule is CC(NCC(NC(=O)OC(C)(C)C)C1CC1)c1nccn1C. The zero-order valence-corrected chi connectivity index (χ0v) is 14.2. The molecule has 2 unspecified atom stereocenters. The number of carbonyl (C=O) groups excluding carboxylic acids is 1. The second-order valence-electron chi connectivity index (χ2n) is 7.12. The third-order valence-corrected chi connectivity index (χ3v) is 3.78. The molecule has 6 heteroatoms. The molecule has 1 fully saturated rings. The van der Waals surface area contributed by atoms with E-state index in [4.69, 9.17) is 4.74 Å². The van der Waals surface area contributed by atoms with Gasteiger partial charge in [0.15, 0.2) is 0 Å². The van der Waals surface area contributed by atoms with Gasteiger partial charge in [0.1, 0.15) is 11.4 Å². The van der Waals surface area contributed by atoms with Crippen molar-refractivity contribution in [2.24, 2.45) is 13.0 Å². The largest absolute Gasteiger partial charge is 0.444 e. The van der Waals surface area contributed by atoms with Gasteiger partial charge in [-0.05, 0) is 46.5 Å². The first-order valence-electron chi connectivity index (χ1n) is 7.96. The molecule has 2 atom stereocenters. The molecule has 6 nitrogen and oxygen atoms in total. The molecule has 2 rings (SSSR count). The van der Waals surface area contributed by atoms with Crippen molar-refractivity contribution in [3.05, 3.63) is 18.2 Å². The third kappa shape index (κ3) is 5.02. The summed E-state index contributed by atoms with van der Waals surface area (Å²) >= 11 is 0. The van der Waals surface area contributed by atoms with Crippen LogP contribution in [-0.4, -0.2) is 33.8 Å². The maximum absolute atomic E-state index is 12.0. The van der Waals surface area contributed by atoms with Crippen LogP contribution in [0.4, 0.5) is 4.79 Å². The van der Waals surface area contributed by atoms with E-state index in [0.29, 0.717) is 5.92 Å². The van der Waals surface area contributed by atoms with Gasteiger partial charge in [-0.15, -0.1) is 0 Å². The average molecular weight is 308 g/mol. The van der Waals surface area contributed by atoms with Crippen LogP contribution in [0.1, 0.15) is 52.4 Å². The van der Waals surface area contributed by atoms with Crippen LogP contribution in [0, 0.1) is 5.92 Å². The van der Waals surface area contributed by atoms with Crippen molar-refractivity contribution >= 4 is 6.09 Å². The van der Waals surface area contributed by atoms with E-state index < -0.39 is 5.60 Å². The first kappa shape index (κ1) is 16.8. The molecule has 0 bridgehead atoms. The Morgan fingerprint density at radius 2 is 2.18 bits per heavy atom. The van der Waals surface area contributed by atoms with Gasteiger partial charge in [-0.25, -0.2) is 9.78 Å². The van der Waals surface area contributed by atoms with Crippen LogP contribution in [0.5, 0.6) is 0 Å². The minimum Gasteiger partial charge on any atom is -0.444 e. The molecule has 0 aromatic carbocycles. The van der Waals surface area contributed by atoms with Crippen LogP contribution < -0.4 is 10.6 Å². The Bertz CT molecular complexity index is 502. The number of nitrogens with one attached hydrogen (secondary N) is 2. The Morgan fingerprint density at radius 3 is 2.68 bits per heavy atom. The van der Waals surface area contributed by atoms with E-state index >= 15 is 0 Å². The Kier molecular flexibility index (Phi) is 5.11. The normalized spacial score (nSPS) is 17.9. The van der Waals surface area contributed by atoms with E-state index in [0.717, 1.165) is 12.4 Å². The van der Waals surface area contributed by atoms with Gasteiger partial charge in [-0.1, -0.05) is 0 Å². The molecule has 22 heavy (non-hydrogen) atoms. The molecule has 1 amide bonds. The van der Waals surface area contributed by atoms with Crippen LogP contribution in [0.15, 0.2) is 12.4 Å². The summed E-state index contributed by atoms with van der Waals surface area (Å²) in [5.41, 5.74) is -0.466. The van der Waals surface area contributed by atoms with Crippen LogP contribution >= 0.6 is 0 Å². The highest BCUT2D eigenvalue weighted by atomic mass is 16.6. The van der Waals surface area contributed by atoms with Gasteiger partial charge in [0, 0.05) is 32.0 Å². The minimum absolute atomic E-state index is 0.109. The quantitative estimate of drug-likeness (QED) is 0.846. The summed E-state index contributed by atoms with van der Waals surface area (Å²) in [6.07, 6.45) is 5.73. The molecular formula is C16H28N4O2. The maximum Gasteiger partial charge on any atom is 0.407 e. The summed E-state index contributed by atoms with van der Waals surface area (Å²) in [6, 6.07) is 0.249. The number of hydrogen-bond acceptors (Lipinski definition) is 4. The molecule has 1 aliphatic rings. The number of imidazole rings is 1. The number of carbonyl (C=O) groups is 1. The van der Waals surface area contributed by atoms with Gasteiger partial charge in [0.2, 0.25) is 0 Å². The molecule has 124 valence electrons. The van der Waals surface area contributed by atoms with E-state index in [1.807, 2.05) is 38.6 Å². The van der Waals surface area contributed by atoms with Crippen LogP contribution in [0.3, 0.4) is 0 Å². The Hall–Kier alpha value is -1.56. The van der Waals surface area contributed by atoms with Gasteiger partial charge < -0.3 is 19.9 Å². The second-order valence-corrected chi connectivity index (χ2v) is 7.12. The number of aryl methyl sites for hydroxylation is 1. The predicted octanol–water partition coefficient (Wildman–Crippen LogP) is 2.37. The molecule has 0 radical (unpaired) electrons. The summed E-state index contributed by atoms with van der Waals surface area (Å²) in [5, 5.41) is 6.46. The van der Waals surface area contributed by atoms with Crippen molar-refractivity contribution in [1.82, 2.24) is 20.2 Å². The predicted molar refractivity (Wildman–Crippen MR) is 85.5 cm³/mol. The summed E-state index contributed by atoms with van der Waals surface area (Å²) in [6.45, 7) is 8.43. The lowest BCUT2D eigenvalue weighted by Gasteiger charge is -2.25. The Balaban J connectivity index is 1.85. The van der Waals surface area contributed by atoms with Crippen molar-refractivity contribution in [2.75, 3.05) is 6.54 Å². The molecule has 2 N–H and O–H groups in total. The van der Waals surface area contributed by atoms with E-state index in [9.17, 15) is 4.79 Å². The third-order valence-electron chi connectivity index (χ3n) is 3.78. The van der Waals surface area contributed by atoms with Crippen molar-refractivity contribution in [3.8, 4) is 0 Å². The number of hydrogen-bond donors (Lipinski definition) is 2. The zero-order valence-electron chi connectivity index (χ0n) is 14.2. The Morgan fingerprint density at radius 1 is 1.50 bits per heavy atom. The fourth-order valence-electron chi connectivity index (χ4n) is 2.48. The number of rotatable bonds is 6. The Labute approximate surface area is 132 Å². The topological polar surface area (TPSA) is 68.2 Å². The first-order valence-corrected chi connectivity index (χ1v) is 7.96. The number of aromatic nitrogens is 2. The zero-order chi connectivity index (χ0) is 16.3. The molecule has 0 spiro atoms. The van der Waals surface area contributed by atoms with Crippen molar-refractivity contribution in [1.29, 1.82) is 0 Å². The molecule has 1 aromatic heterocycles. The molecule has 1 aromatic rings. The molecule has 0 aliphatic heterocycles. The number of nitrogens with zero attached hydrogens (tertiary/aromatic N) is 2. The van der Waals surface area contributed by atoms with Gasteiger partial charge in [0.25, 0.3) is 0 Å².